The summed E-state index contributed by atoms with van der Waals surface area (Å²) in [6.45, 7) is -0.223. The Morgan fingerprint density at radius 1 is 1.33 bits per heavy atom. The first-order valence-electron chi connectivity index (χ1n) is 4.14. The fraction of sp³-hybridized carbons (Fsp3) is 0.222. The van der Waals surface area contributed by atoms with Gasteiger partial charge in [-0.15, -0.1) is 0 Å². The van der Waals surface area contributed by atoms with Crippen LogP contribution in [0.1, 0.15) is 0 Å². The molecule has 4 nitrogen and oxygen atoms in total. The molecule has 0 spiro atoms. The second-order valence-electron chi connectivity index (χ2n) is 2.91. The van der Waals surface area contributed by atoms with Gasteiger partial charge in [0.2, 0.25) is 10.0 Å². The van der Waals surface area contributed by atoms with E-state index in [-0.39, 0.29) is 11.4 Å². The van der Waals surface area contributed by atoms with Gasteiger partial charge in [-0.2, -0.15) is 4.31 Å². The van der Waals surface area contributed by atoms with Crippen LogP contribution in [0.15, 0.2) is 29.2 Å². The van der Waals surface area contributed by atoms with Crippen molar-refractivity contribution in [1.29, 1.82) is 0 Å². The Kier molecular flexibility index (Phi) is 3.54. The van der Waals surface area contributed by atoms with E-state index in [1.165, 1.54) is 7.05 Å². The third-order valence-electron chi connectivity index (χ3n) is 1.85. The number of carbonyl (C=O) groups excluding carboxylic acids is 1. The molecule has 0 saturated carbocycles. The van der Waals surface area contributed by atoms with Crippen molar-refractivity contribution in [2.24, 2.45) is 0 Å². The minimum atomic E-state index is -3.68. The maximum atomic E-state index is 12.6. The standard InChI is InChI=1S/C9H10FNO3S/c1-11(6-7-12)15(13,14)9-4-2-8(10)3-5-9/h2-5,7H,6H2,1H3. The average Bonchev–Trinajstić information content (AvgIpc) is 2.18. The number of sulfonamides is 1. The van der Waals surface area contributed by atoms with E-state index >= 15 is 0 Å². The van der Waals surface area contributed by atoms with Gasteiger partial charge < -0.3 is 4.79 Å². The van der Waals surface area contributed by atoms with Crippen molar-refractivity contribution >= 4 is 16.3 Å². The van der Waals surface area contributed by atoms with Gasteiger partial charge in [0.15, 0.2) is 0 Å². The molecule has 0 aromatic heterocycles. The van der Waals surface area contributed by atoms with Crippen molar-refractivity contribution in [3.05, 3.63) is 30.1 Å². The Morgan fingerprint density at radius 3 is 2.33 bits per heavy atom. The lowest BCUT2D eigenvalue weighted by atomic mass is 10.4. The molecule has 0 N–H and O–H groups in total. The molecule has 1 rings (SSSR count). The molecule has 0 amide bonds. The smallest absolute Gasteiger partial charge is 0.243 e. The summed E-state index contributed by atoms with van der Waals surface area (Å²) >= 11 is 0. The van der Waals surface area contributed by atoms with Crippen molar-refractivity contribution in [3.63, 3.8) is 0 Å². The zero-order valence-electron chi connectivity index (χ0n) is 8.05. The number of likely N-dealkylation sites (N-methyl/N-ethyl adjacent to an activating group) is 1. The second kappa shape index (κ2) is 4.50. The van der Waals surface area contributed by atoms with Crippen LogP contribution in [0.3, 0.4) is 0 Å². The number of halogens is 1. The normalized spacial score (nSPS) is 11.7. The van der Waals surface area contributed by atoms with Crippen molar-refractivity contribution in [2.75, 3.05) is 13.6 Å². The molecular formula is C9H10FNO3S. The maximum Gasteiger partial charge on any atom is 0.243 e. The van der Waals surface area contributed by atoms with Crippen LogP contribution in [0.5, 0.6) is 0 Å². The van der Waals surface area contributed by atoms with E-state index in [1.807, 2.05) is 0 Å². The van der Waals surface area contributed by atoms with E-state index in [9.17, 15) is 17.6 Å². The molecule has 0 aliphatic rings. The van der Waals surface area contributed by atoms with Gasteiger partial charge in [0.25, 0.3) is 0 Å². The molecule has 15 heavy (non-hydrogen) atoms. The molecule has 0 bridgehead atoms. The van der Waals surface area contributed by atoms with E-state index in [0.29, 0.717) is 6.29 Å². The molecule has 0 unspecified atom stereocenters. The molecule has 1 aromatic carbocycles. The molecule has 82 valence electrons. The molecule has 0 aliphatic carbocycles. The predicted octanol–water partition coefficient (Wildman–Crippen LogP) is 0.645. The highest BCUT2D eigenvalue weighted by molar-refractivity contribution is 7.89. The summed E-state index contributed by atoms with van der Waals surface area (Å²) in [6.07, 6.45) is 0.487. The first-order chi connectivity index (χ1) is 6.98. The van der Waals surface area contributed by atoms with E-state index in [2.05, 4.69) is 0 Å². The quantitative estimate of drug-likeness (QED) is 0.715. The lowest BCUT2D eigenvalue weighted by Crippen LogP contribution is -2.28. The van der Waals surface area contributed by atoms with Crippen molar-refractivity contribution in [1.82, 2.24) is 4.31 Å². The number of aldehydes is 1. The molecule has 0 fully saturated rings. The zero-order valence-corrected chi connectivity index (χ0v) is 8.87. The Balaban J connectivity index is 3.06. The van der Waals surface area contributed by atoms with E-state index in [4.69, 9.17) is 0 Å². The lowest BCUT2D eigenvalue weighted by molar-refractivity contribution is -0.107. The van der Waals surface area contributed by atoms with Crippen LogP contribution in [0.2, 0.25) is 0 Å². The third kappa shape index (κ3) is 2.60. The summed E-state index contributed by atoms with van der Waals surface area (Å²) < 4.78 is 36.8. The van der Waals surface area contributed by atoms with Gasteiger partial charge in [0, 0.05) is 7.05 Å². The largest absolute Gasteiger partial charge is 0.302 e. The van der Waals surface area contributed by atoms with Crippen LogP contribution in [-0.2, 0) is 14.8 Å². The molecule has 0 radical (unpaired) electrons. The fourth-order valence-electron chi connectivity index (χ4n) is 0.990. The summed E-state index contributed by atoms with van der Waals surface area (Å²) in [6, 6.07) is 4.43. The van der Waals surface area contributed by atoms with E-state index in [0.717, 1.165) is 28.6 Å². The number of hydrogen-bond acceptors (Lipinski definition) is 3. The Labute approximate surface area is 87.4 Å². The highest BCUT2D eigenvalue weighted by atomic mass is 32.2. The summed E-state index contributed by atoms with van der Waals surface area (Å²) in [5.41, 5.74) is 0. The van der Waals surface area contributed by atoms with Crippen LogP contribution in [0.25, 0.3) is 0 Å². The van der Waals surface area contributed by atoms with Crippen molar-refractivity contribution in [3.8, 4) is 0 Å². The number of hydrogen-bond donors (Lipinski definition) is 0. The summed E-state index contributed by atoms with van der Waals surface area (Å²) in [4.78, 5) is 10.1. The topological polar surface area (TPSA) is 54.5 Å². The second-order valence-corrected chi connectivity index (χ2v) is 4.95. The van der Waals surface area contributed by atoms with Crippen LogP contribution >= 0.6 is 0 Å². The van der Waals surface area contributed by atoms with Gasteiger partial charge in [-0.1, -0.05) is 0 Å². The molecule has 1 aromatic rings. The number of benzene rings is 1. The van der Waals surface area contributed by atoms with Crippen LogP contribution < -0.4 is 0 Å². The Bertz CT molecular complexity index is 441. The molecule has 0 atom stereocenters. The maximum absolute atomic E-state index is 12.6. The Hall–Kier alpha value is -1.27. The zero-order chi connectivity index (χ0) is 11.5. The van der Waals surface area contributed by atoms with Crippen molar-refractivity contribution in [2.45, 2.75) is 4.90 Å². The van der Waals surface area contributed by atoms with E-state index < -0.39 is 15.8 Å². The highest BCUT2D eigenvalue weighted by Crippen LogP contribution is 2.13. The lowest BCUT2D eigenvalue weighted by Gasteiger charge is -2.13. The summed E-state index contributed by atoms with van der Waals surface area (Å²) in [5, 5.41) is 0. The average molecular weight is 231 g/mol. The van der Waals surface area contributed by atoms with Crippen molar-refractivity contribution < 1.29 is 17.6 Å². The molecule has 0 heterocycles. The SMILES string of the molecule is CN(CC=O)S(=O)(=O)c1ccc(F)cc1. The minimum absolute atomic E-state index is 0.0340. The Morgan fingerprint density at radius 2 is 1.87 bits per heavy atom. The number of carbonyl (C=O) groups is 1. The van der Waals surface area contributed by atoms with Crippen LogP contribution in [-0.4, -0.2) is 32.6 Å². The fourth-order valence-corrected chi connectivity index (χ4v) is 2.09. The summed E-state index contributed by atoms with van der Waals surface area (Å²) in [7, 11) is -2.40. The first kappa shape index (κ1) is 11.8. The van der Waals surface area contributed by atoms with Gasteiger partial charge in [0.05, 0.1) is 11.4 Å². The van der Waals surface area contributed by atoms with Crippen LogP contribution in [0.4, 0.5) is 4.39 Å². The van der Waals surface area contributed by atoms with Gasteiger partial charge in [-0.3, -0.25) is 0 Å². The van der Waals surface area contributed by atoms with Gasteiger partial charge in [-0.05, 0) is 24.3 Å². The predicted molar refractivity (Wildman–Crippen MR) is 52.3 cm³/mol. The molecule has 0 saturated heterocycles. The molecule has 0 aliphatic heterocycles. The van der Waals surface area contributed by atoms with Gasteiger partial charge in [-0.25, -0.2) is 12.8 Å². The van der Waals surface area contributed by atoms with E-state index in [1.54, 1.807) is 0 Å². The monoisotopic (exact) mass is 231 g/mol. The van der Waals surface area contributed by atoms with Gasteiger partial charge >= 0.3 is 0 Å². The van der Waals surface area contributed by atoms with Gasteiger partial charge in [0.1, 0.15) is 12.1 Å². The molecular weight excluding hydrogens is 221 g/mol. The third-order valence-corrected chi connectivity index (χ3v) is 3.69. The number of nitrogens with zero attached hydrogens (tertiary/aromatic N) is 1. The summed E-state index contributed by atoms with van der Waals surface area (Å²) in [5.74, 6) is -0.507. The number of rotatable bonds is 4. The van der Waals surface area contributed by atoms with Crippen LogP contribution in [0, 0.1) is 5.82 Å². The first-order valence-corrected chi connectivity index (χ1v) is 5.58. The highest BCUT2D eigenvalue weighted by Gasteiger charge is 2.19. The molecule has 6 heteroatoms. The minimum Gasteiger partial charge on any atom is -0.302 e.